The Bertz CT molecular complexity index is 417. The molecular weight excluding hydrogens is 206 g/mol. The number of nitrogens with zero attached hydrogens (tertiary/aromatic N) is 3. The van der Waals surface area contributed by atoms with Crippen LogP contribution in [0, 0.1) is 0 Å². The Balaban J connectivity index is 2.44. The Morgan fingerprint density at radius 2 is 2.25 bits per heavy atom. The molecule has 0 radical (unpaired) electrons. The number of rotatable bonds is 1. The van der Waals surface area contributed by atoms with Crippen LogP contribution in [0.2, 0.25) is 0 Å². The molecule has 1 aromatic heterocycles. The van der Waals surface area contributed by atoms with Crippen molar-refractivity contribution in [2.45, 2.75) is 45.7 Å². The molecule has 1 aromatic rings. The second kappa shape index (κ2) is 3.50. The molecule has 1 aliphatic rings. The molecule has 16 heavy (non-hydrogen) atoms. The van der Waals surface area contributed by atoms with E-state index < -0.39 is 11.6 Å². The maximum absolute atomic E-state index is 11.3. The van der Waals surface area contributed by atoms with Gasteiger partial charge in [-0.3, -0.25) is 9.58 Å². The Hall–Kier alpha value is -1.52. The average Bonchev–Trinajstić information content (AvgIpc) is 2.65. The van der Waals surface area contributed by atoms with E-state index in [-0.39, 0.29) is 0 Å². The first kappa shape index (κ1) is 11.0. The number of aryl methyl sites for hydroxylation is 1. The summed E-state index contributed by atoms with van der Waals surface area (Å²) in [7, 11) is 0. The van der Waals surface area contributed by atoms with Gasteiger partial charge in [0.2, 0.25) is 0 Å². The molecule has 88 valence electrons. The molecule has 0 spiro atoms. The Labute approximate surface area is 94.7 Å². The normalized spacial score (nSPS) is 14.9. The standard InChI is InChI=1S/C11H17N3O2/c1-11(2,3)14(10(15)16)9-7-12-13-6-4-5-8(9)13/h7H,4-6H2,1-3H3,(H,15,16). The largest absolute Gasteiger partial charge is 0.465 e. The van der Waals surface area contributed by atoms with Crippen molar-refractivity contribution in [1.82, 2.24) is 9.78 Å². The van der Waals surface area contributed by atoms with Gasteiger partial charge in [-0.05, 0) is 33.6 Å². The van der Waals surface area contributed by atoms with E-state index in [1.165, 1.54) is 4.90 Å². The van der Waals surface area contributed by atoms with Gasteiger partial charge in [0, 0.05) is 12.1 Å². The van der Waals surface area contributed by atoms with Gasteiger partial charge in [0.05, 0.1) is 17.6 Å². The summed E-state index contributed by atoms with van der Waals surface area (Å²) in [6.45, 7) is 6.56. The van der Waals surface area contributed by atoms with E-state index >= 15 is 0 Å². The lowest BCUT2D eigenvalue weighted by molar-refractivity contribution is 0.195. The van der Waals surface area contributed by atoms with Gasteiger partial charge in [-0.15, -0.1) is 0 Å². The molecule has 1 N–H and O–H groups in total. The van der Waals surface area contributed by atoms with Crippen LogP contribution in [0.15, 0.2) is 6.20 Å². The minimum Gasteiger partial charge on any atom is -0.465 e. The van der Waals surface area contributed by atoms with E-state index in [1.54, 1.807) is 6.20 Å². The highest BCUT2D eigenvalue weighted by molar-refractivity contribution is 5.88. The van der Waals surface area contributed by atoms with Crippen LogP contribution in [0.3, 0.4) is 0 Å². The van der Waals surface area contributed by atoms with Crippen molar-refractivity contribution in [2.24, 2.45) is 0 Å². The summed E-state index contributed by atoms with van der Waals surface area (Å²) in [6, 6.07) is 0. The minimum absolute atomic E-state index is 0.446. The molecule has 0 atom stereocenters. The second-order valence-electron chi connectivity index (χ2n) is 5.09. The van der Waals surface area contributed by atoms with E-state index in [9.17, 15) is 9.90 Å². The number of aromatic nitrogens is 2. The molecule has 2 rings (SSSR count). The van der Waals surface area contributed by atoms with Crippen LogP contribution in [-0.2, 0) is 13.0 Å². The summed E-state index contributed by atoms with van der Waals surface area (Å²) in [5.74, 6) is 0. The van der Waals surface area contributed by atoms with Gasteiger partial charge in [0.1, 0.15) is 0 Å². The van der Waals surface area contributed by atoms with Crippen molar-refractivity contribution in [2.75, 3.05) is 4.90 Å². The number of carboxylic acid groups (broad SMARTS) is 1. The van der Waals surface area contributed by atoms with Gasteiger partial charge in [-0.25, -0.2) is 4.79 Å². The first-order valence-electron chi connectivity index (χ1n) is 5.49. The fourth-order valence-corrected chi connectivity index (χ4v) is 2.19. The summed E-state index contributed by atoms with van der Waals surface area (Å²) in [4.78, 5) is 12.7. The van der Waals surface area contributed by atoms with E-state index in [0.29, 0.717) is 0 Å². The fraction of sp³-hybridized carbons (Fsp3) is 0.636. The van der Waals surface area contributed by atoms with Crippen molar-refractivity contribution >= 4 is 11.8 Å². The maximum atomic E-state index is 11.3. The number of amides is 1. The predicted molar refractivity (Wildman–Crippen MR) is 60.8 cm³/mol. The molecule has 1 amide bonds. The predicted octanol–water partition coefficient (Wildman–Crippen LogP) is 2.11. The topological polar surface area (TPSA) is 58.4 Å². The molecule has 5 heteroatoms. The van der Waals surface area contributed by atoms with Crippen molar-refractivity contribution < 1.29 is 9.90 Å². The third-order valence-electron chi connectivity index (χ3n) is 2.81. The fourth-order valence-electron chi connectivity index (χ4n) is 2.19. The number of hydrogen-bond donors (Lipinski definition) is 1. The zero-order valence-corrected chi connectivity index (χ0v) is 9.90. The lowest BCUT2D eigenvalue weighted by Gasteiger charge is -2.32. The summed E-state index contributed by atoms with van der Waals surface area (Å²) in [5.41, 5.74) is 1.33. The van der Waals surface area contributed by atoms with Crippen LogP contribution in [0.5, 0.6) is 0 Å². The van der Waals surface area contributed by atoms with Crippen LogP contribution in [0.4, 0.5) is 10.5 Å². The minimum atomic E-state index is -0.921. The highest BCUT2D eigenvalue weighted by Gasteiger charge is 2.32. The van der Waals surface area contributed by atoms with Crippen molar-refractivity contribution in [3.8, 4) is 0 Å². The van der Waals surface area contributed by atoms with Crippen LogP contribution in [0.1, 0.15) is 32.9 Å². The quantitative estimate of drug-likeness (QED) is 0.793. The molecule has 0 aliphatic carbocycles. The summed E-state index contributed by atoms with van der Waals surface area (Å²) < 4.78 is 1.90. The Morgan fingerprint density at radius 3 is 2.81 bits per heavy atom. The molecule has 2 heterocycles. The number of hydrogen-bond acceptors (Lipinski definition) is 2. The van der Waals surface area contributed by atoms with Crippen molar-refractivity contribution in [3.63, 3.8) is 0 Å². The summed E-state index contributed by atoms with van der Waals surface area (Å²) >= 11 is 0. The molecule has 0 unspecified atom stereocenters. The smallest absolute Gasteiger partial charge is 0.412 e. The highest BCUT2D eigenvalue weighted by atomic mass is 16.4. The van der Waals surface area contributed by atoms with Crippen molar-refractivity contribution in [3.05, 3.63) is 11.9 Å². The monoisotopic (exact) mass is 223 g/mol. The molecule has 0 bridgehead atoms. The second-order valence-corrected chi connectivity index (χ2v) is 5.09. The van der Waals surface area contributed by atoms with Gasteiger partial charge >= 0.3 is 6.09 Å². The first-order valence-corrected chi connectivity index (χ1v) is 5.49. The zero-order chi connectivity index (χ0) is 11.9. The molecule has 0 saturated heterocycles. The zero-order valence-electron chi connectivity index (χ0n) is 9.90. The summed E-state index contributed by atoms with van der Waals surface area (Å²) in [6.07, 6.45) is 2.70. The Morgan fingerprint density at radius 1 is 1.56 bits per heavy atom. The average molecular weight is 223 g/mol. The third kappa shape index (κ3) is 1.66. The summed E-state index contributed by atoms with van der Waals surface area (Å²) in [5, 5.41) is 13.5. The Kier molecular flexibility index (Phi) is 2.40. The van der Waals surface area contributed by atoms with E-state index in [1.807, 2.05) is 25.5 Å². The van der Waals surface area contributed by atoms with Crippen LogP contribution < -0.4 is 4.90 Å². The lowest BCUT2D eigenvalue weighted by Crippen LogP contribution is -2.45. The first-order chi connectivity index (χ1) is 7.41. The molecule has 5 nitrogen and oxygen atoms in total. The SMILES string of the molecule is CC(C)(C)N(C(=O)O)c1cnn2c1CCC2. The van der Waals surface area contributed by atoms with E-state index in [2.05, 4.69) is 5.10 Å². The molecule has 0 aromatic carbocycles. The van der Waals surface area contributed by atoms with E-state index in [4.69, 9.17) is 0 Å². The molecule has 0 fully saturated rings. The van der Waals surface area contributed by atoms with Gasteiger partial charge in [0.15, 0.2) is 0 Å². The number of anilines is 1. The number of carbonyl (C=O) groups is 1. The number of fused-ring (bicyclic) bond motifs is 1. The third-order valence-corrected chi connectivity index (χ3v) is 2.81. The molecule has 1 aliphatic heterocycles. The van der Waals surface area contributed by atoms with Gasteiger partial charge < -0.3 is 5.11 Å². The van der Waals surface area contributed by atoms with Gasteiger partial charge in [-0.1, -0.05) is 0 Å². The lowest BCUT2D eigenvalue weighted by atomic mass is 10.1. The van der Waals surface area contributed by atoms with Crippen molar-refractivity contribution in [1.29, 1.82) is 0 Å². The van der Waals surface area contributed by atoms with Crippen LogP contribution in [0.25, 0.3) is 0 Å². The molecular formula is C11H17N3O2. The van der Waals surface area contributed by atoms with E-state index in [0.717, 1.165) is 30.8 Å². The van der Waals surface area contributed by atoms with Crippen LogP contribution >= 0.6 is 0 Å². The van der Waals surface area contributed by atoms with Crippen LogP contribution in [-0.4, -0.2) is 26.5 Å². The van der Waals surface area contributed by atoms with Gasteiger partial charge in [0.25, 0.3) is 0 Å². The van der Waals surface area contributed by atoms with Gasteiger partial charge in [-0.2, -0.15) is 5.10 Å². The molecule has 0 saturated carbocycles. The highest BCUT2D eigenvalue weighted by Crippen LogP contribution is 2.31. The maximum Gasteiger partial charge on any atom is 0.412 e.